The average molecular weight is 853 g/mol. The molecule has 0 bridgehead atoms. The van der Waals surface area contributed by atoms with E-state index in [1.165, 1.54) is 0 Å². The van der Waals surface area contributed by atoms with Gasteiger partial charge < -0.3 is 28.7 Å². The van der Waals surface area contributed by atoms with Crippen molar-refractivity contribution in [3.63, 3.8) is 0 Å². The van der Waals surface area contributed by atoms with E-state index in [4.69, 9.17) is 18.9 Å². The van der Waals surface area contributed by atoms with Gasteiger partial charge in [0.1, 0.15) is 0 Å². The molecule has 0 radical (unpaired) electrons. The number of allylic oxidation sites excluding steroid dienone is 1. The SMILES string of the molecule is C=C(C)N(c1ccccc1)c1cc2c(c3c1Oc1ccccc1O3)C=Cc1c(cc(N(c3ccccc3)c3ccccc3)c3c1Oc1ccccc1O3)C21c2ccccc2-c2ccccc21. The highest BCUT2D eigenvalue weighted by molar-refractivity contribution is 5.98. The van der Waals surface area contributed by atoms with E-state index in [0.717, 1.165) is 78.6 Å². The zero-order chi connectivity index (χ0) is 43.9. The fourth-order valence-electron chi connectivity index (χ4n) is 10.5. The fourth-order valence-corrected chi connectivity index (χ4v) is 10.5. The smallest absolute Gasteiger partial charge is 0.194 e. The zero-order valence-corrected chi connectivity index (χ0v) is 35.9. The third kappa shape index (κ3) is 5.48. The number of nitrogens with zero attached hydrogens (tertiary/aromatic N) is 2. The zero-order valence-electron chi connectivity index (χ0n) is 35.9. The van der Waals surface area contributed by atoms with E-state index in [1.807, 2.05) is 85.8 Å². The van der Waals surface area contributed by atoms with Crippen molar-refractivity contribution in [1.29, 1.82) is 0 Å². The van der Waals surface area contributed by atoms with Crippen LogP contribution >= 0.6 is 0 Å². The van der Waals surface area contributed by atoms with Crippen LogP contribution in [0.2, 0.25) is 0 Å². The van der Waals surface area contributed by atoms with E-state index in [9.17, 15) is 0 Å². The maximum Gasteiger partial charge on any atom is 0.194 e. The van der Waals surface area contributed by atoms with E-state index in [-0.39, 0.29) is 0 Å². The van der Waals surface area contributed by atoms with Gasteiger partial charge in [-0.2, -0.15) is 0 Å². The Kier molecular flexibility index (Phi) is 8.39. The van der Waals surface area contributed by atoms with Gasteiger partial charge in [0.05, 0.1) is 16.8 Å². The lowest BCUT2D eigenvalue weighted by Crippen LogP contribution is -2.31. The standard InChI is InChI=1S/C60H40N2O4/c1-38(2)61(39-20-6-3-7-21-39)50-36-48-44(56-58(50)65-54-32-18-16-30-52(54)63-56)34-35-45-49(60(48)46-28-14-12-26-42(46)43-27-13-15-29-47(43)60)37-51(59-57(45)64-53-31-17-19-33-55(53)66-59)62(40-22-8-4-9-23-40)41-24-10-5-11-25-41/h3-37H,1H2,2H3. The molecule has 2 heterocycles. The van der Waals surface area contributed by atoms with Crippen LogP contribution in [-0.4, -0.2) is 0 Å². The first-order valence-electron chi connectivity index (χ1n) is 22.2. The Bertz CT molecular complexity index is 3390. The molecule has 0 amide bonds. The normalized spacial score (nSPS) is 13.5. The van der Waals surface area contributed by atoms with Gasteiger partial charge in [0.15, 0.2) is 46.0 Å². The van der Waals surface area contributed by atoms with E-state index in [1.54, 1.807) is 0 Å². The lowest BCUT2D eigenvalue weighted by atomic mass is 9.65. The van der Waals surface area contributed by atoms with Crippen LogP contribution in [0.15, 0.2) is 212 Å². The van der Waals surface area contributed by atoms with Gasteiger partial charge >= 0.3 is 0 Å². The largest absolute Gasteiger partial charge is 0.449 e. The van der Waals surface area contributed by atoms with Crippen LogP contribution in [0, 0.1) is 0 Å². The molecular formula is C60H40N2O4. The van der Waals surface area contributed by atoms with Gasteiger partial charge in [0.25, 0.3) is 0 Å². The van der Waals surface area contributed by atoms with E-state index < -0.39 is 5.41 Å². The molecule has 9 aromatic carbocycles. The monoisotopic (exact) mass is 852 g/mol. The molecule has 314 valence electrons. The highest BCUT2D eigenvalue weighted by atomic mass is 16.6. The van der Waals surface area contributed by atoms with E-state index >= 15 is 0 Å². The maximum atomic E-state index is 7.20. The quantitative estimate of drug-likeness (QED) is 0.166. The first-order valence-corrected chi connectivity index (χ1v) is 22.2. The summed E-state index contributed by atoms with van der Waals surface area (Å²) in [5.74, 6) is 4.99. The molecule has 2 aliphatic heterocycles. The Labute approximate surface area is 383 Å². The Morgan fingerprint density at radius 3 is 1.21 bits per heavy atom. The number of hydrogen-bond acceptors (Lipinski definition) is 6. The van der Waals surface area contributed by atoms with Crippen molar-refractivity contribution in [2.45, 2.75) is 12.3 Å². The van der Waals surface area contributed by atoms with Crippen molar-refractivity contribution in [3.8, 4) is 57.1 Å². The van der Waals surface area contributed by atoms with Crippen molar-refractivity contribution in [2.75, 3.05) is 9.80 Å². The first kappa shape index (κ1) is 37.8. The van der Waals surface area contributed by atoms with Crippen molar-refractivity contribution < 1.29 is 18.9 Å². The van der Waals surface area contributed by atoms with Crippen LogP contribution < -0.4 is 28.7 Å². The summed E-state index contributed by atoms with van der Waals surface area (Å²) in [6.07, 6.45) is 4.36. The summed E-state index contributed by atoms with van der Waals surface area (Å²) in [5.41, 5.74) is 12.8. The van der Waals surface area contributed by atoms with E-state index in [0.29, 0.717) is 46.0 Å². The number of fused-ring (bicyclic) bond motifs is 15. The minimum absolute atomic E-state index is 0.597. The Hall–Kier alpha value is -8.74. The van der Waals surface area contributed by atoms with Crippen molar-refractivity contribution in [2.24, 2.45) is 0 Å². The number of ether oxygens (including phenoxy) is 4. The molecule has 0 saturated carbocycles. The Balaban J connectivity index is 1.21. The number of benzene rings is 9. The summed E-state index contributed by atoms with van der Waals surface area (Å²) in [4.78, 5) is 4.45. The van der Waals surface area contributed by atoms with Gasteiger partial charge in [-0.3, -0.25) is 0 Å². The summed E-state index contributed by atoms with van der Waals surface area (Å²) >= 11 is 0. The molecular weight excluding hydrogens is 813 g/mol. The second-order valence-electron chi connectivity index (χ2n) is 16.9. The molecule has 0 saturated heterocycles. The maximum absolute atomic E-state index is 7.20. The molecule has 0 aromatic heterocycles. The topological polar surface area (TPSA) is 43.4 Å². The molecule has 0 unspecified atom stereocenters. The molecule has 1 spiro atoms. The first-order chi connectivity index (χ1) is 32.6. The lowest BCUT2D eigenvalue weighted by molar-refractivity contribution is 0.358. The van der Waals surface area contributed by atoms with Crippen molar-refractivity contribution in [1.82, 2.24) is 0 Å². The fraction of sp³-hybridized carbons (Fsp3) is 0.0333. The van der Waals surface area contributed by atoms with Crippen molar-refractivity contribution >= 4 is 40.6 Å². The number of hydrogen-bond donors (Lipinski definition) is 0. The third-order valence-electron chi connectivity index (χ3n) is 13.1. The minimum atomic E-state index is -0.952. The summed E-state index contributed by atoms with van der Waals surface area (Å²) in [6, 6.07) is 69.3. The summed E-state index contributed by atoms with van der Waals surface area (Å²) in [5, 5.41) is 0. The van der Waals surface area contributed by atoms with Crippen molar-refractivity contribution in [3.05, 3.63) is 246 Å². The van der Waals surface area contributed by atoms with Crippen LogP contribution in [-0.2, 0) is 5.41 Å². The van der Waals surface area contributed by atoms with Crippen LogP contribution in [0.25, 0.3) is 23.3 Å². The molecule has 13 rings (SSSR count). The Morgan fingerprint density at radius 1 is 0.394 bits per heavy atom. The highest BCUT2D eigenvalue weighted by Crippen LogP contribution is 2.66. The minimum Gasteiger partial charge on any atom is -0.449 e. The van der Waals surface area contributed by atoms with Gasteiger partial charge in [0, 0.05) is 33.9 Å². The molecule has 0 N–H and O–H groups in total. The number of rotatable bonds is 6. The molecule has 4 aliphatic rings. The predicted octanol–water partition coefficient (Wildman–Crippen LogP) is 16.5. The van der Waals surface area contributed by atoms with Gasteiger partial charge in [-0.1, -0.05) is 146 Å². The Morgan fingerprint density at radius 2 is 0.758 bits per heavy atom. The molecule has 0 atom stereocenters. The molecule has 66 heavy (non-hydrogen) atoms. The second kappa shape index (κ2) is 14.7. The molecule has 0 fully saturated rings. The average Bonchev–Trinajstić information content (AvgIpc) is 3.57. The summed E-state index contributed by atoms with van der Waals surface area (Å²) in [6.45, 7) is 6.59. The lowest BCUT2D eigenvalue weighted by Gasteiger charge is -2.40. The summed E-state index contributed by atoms with van der Waals surface area (Å²) < 4.78 is 28.5. The predicted molar refractivity (Wildman–Crippen MR) is 264 cm³/mol. The van der Waals surface area contributed by atoms with Gasteiger partial charge in [-0.05, 0) is 113 Å². The van der Waals surface area contributed by atoms with Crippen LogP contribution in [0.3, 0.4) is 0 Å². The van der Waals surface area contributed by atoms with Gasteiger partial charge in [-0.15, -0.1) is 0 Å². The summed E-state index contributed by atoms with van der Waals surface area (Å²) in [7, 11) is 0. The number of para-hydroxylation sites is 7. The molecule has 2 aliphatic carbocycles. The third-order valence-corrected chi connectivity index (χ3v) is 13.1. The number of anilines is 5. The molecule has 6 heteroatoms. The molecule has 6 nitrogen and oxygen atoms in total. The van der Waals surface area contributed by atoms with Crippen LogP contribution in [0.4, 0.5) is 28.4 Å². The highest BCUT2D eigenvalue weighted by Gasteiger charge is 2.52. The molecule has 9 aromatic rings. The van der Waals surface area contributed by atoms with Gasteiger partial charge in [0.2, 0.25) is 0 Å². The van der Waals surface area contributed by atoms with E-state index in [2.05, 4.69) is 150 Å². The van der Waals surface area contributed by atoms with Gasteiger partial charge in [-0.25, -0.2) is 0 Å². The van der Waals surface area contributed by atoms with Crippen LogP contribution in [0.1, 0.15) is 40.3 Å². The second-order valence-corrected chi connectivity index (χ2v) is 16.9. The van der Waals surface area contributed by atoms with Crippen LogP contribution in [0.5, 0.6) is 46.0 Å².